The van der Waals surface area contributed by atoms with Crippen LogP contribution in [0.1, 0.15) is 30.7 Å². The highest BCUT2D eigenvalue weighted by molar-refractivity contribution is 5.83. The maximum atomic E-state index is 12.3. The van der Waals surface area contributed by atoms with Crippen molar-refractivity contribution in [1.82, 2.24) is 5.32 Å². The molecule has 0 saturated heterocycles. The molecule has 1 amide bonds. The Balaban J connectivity index is 1.84. The van der Waals surface area contributed by atoms with Crippen molar-refractivity contribution in [2.75, 3.05) is 0 Å². The van der Waals surface area contributed by atoms with E-state index in [0.717, 1.165) is 12.0 Å². The minimum absolute atomic E-state index is 0.0429. The van der Waals surface area contributed by atoms with E-state index in [2.05, 4.69) is 0 Å². The fourth-order valence-corrected chi connectivity index (χ4v) is 2.50. The highest BCUT2D eigenvalue weighted by Gasteiger charge is 2.41. The molecule has 1 aliphatic rings. The molecular weight excluding hydrogens is 299 g/mol. The number of benzene rings is 1. The molecule has 0 spiro atoms. The summed E-state index contributed by atoms with van der Waals surface area (Å²) in [6.45, 7) is 0. The average Bonchev–Trinajstić information content (AvgIpc) is 3.16. The normalized spacial score (nSPS) is 22.0. The summed E-state index contributed by atoms with van der Waals surface area (Å²) in [4.78, 5) is 22.5. The van der Waals surface area contributed by atoms with Crippen molar-refractivity contribution in [2.24, 2.45) is 5.92 Å². The summed E-state index contributed by atoms with van der Waals surface area (Å²) < 4.78 is 36.8. The molecule has 3 atom stereocenters. The number of halogens is 3. The van der Waals surface area contributed by atoms with Crippen molar-refractivity contribution in [1.29, 1.82) is 0 Å². The maximum Gasteiger partial charge on any atom is 0.391 e. The molecule has 2 rings (SSSR count). The number of alkyl halides is 3. The predicted octanol–water partition coefficient (Wildman–Crippen LogP) is 2.70. The second kappa shape index (κ2) is 6.37. The molecular formula is C15H16F3NO3. The lowest BCUT2D eigenvalue weighted by Gasteiger charge is -2.16. The zero-order chi connectivity index (χ0) is 16.3. The predicted molar refractivity (Wildman–Crippen MR) is 72.1 cm³/mol. The first-order valence-electron chi connectivity index (χ1n) is 6.90. The van der Waals surface area contributed by atoms with Crippen LogP contribution in [0.5, 0.6) is 0 Å². The monoisotopic (exact) mass is 315 g/mol. The number of nitrogens with one attached hydrogen (secondary N) is 1. The molecule has 4 nitrogen and oxygen atoms in total. The summed E-state index contributed by atoms with van der Waals surface area (Å²) >= 11 is 0. The minimum Gasteiger partial charge on any atom is -0.480 e. The van der Waals surface area contributed by atoms with Gasteiger partial charge in [-0.25, -0.2) is 4.79 Å². The zero-order valence-corrected chi connectivity index (χ0v) is 11.6. The summed E-state index contributed by atoms with van der Waals surface area (Å²) in [5.74, 6) is -2.05. The number of hydrogen-bond donors (Lipinski definition) is 2. The van der Waals surface area contributed by atoms with Crippen LogP contribution in [0, 0.1) is 5.92 Å². The maximum absolute atomic E-state index is 12.3. The summed E-state index contributed by atoms with van der Waals surface area (Å²) in [5.41, 5.74) is 1.09. The van der Waals surface area contributed by atoms with Crippen LogP contribution in [-0.2, 0) is 9.59 Å². The van der Waals surface area contributed by atoms with E-state index in [1.165, 1.54) is 0 Å². The lowest BCUT2D eigenvalue weighted by Crippen LogP contribution is -2.43. The molecule has 1 aromatic carbocycles. The first-order chi connectivity index (χ1) is 10.3. The zero-order valence-electron chi connectivity index (χ0n) is 11.6. The third kappa shape index (κ3) is 4.75. The highest BCUT2D eigenvalue weighted by atomic mass is 19.4. The van der Waals surface area contributed by atoms with Gasteiger partial charge in [-0.2, -0.15) is 13.2 Å². The van der Waals surface area contributed by atoms with Crippen LogP contribution in [0.25, 0.3) is 0 Å². The van der Waals surface area contributed by atoms with Gasteiger partial charge < -0.3 is 10.4 Å². The molecule has 1 aliphatic carbocycles. The number of carbonyl (C=O) groups is 2. The number of carboxylic acid groups (broad SMARTS) is 1. The van der Waals surface area contributed by atoms with Gasteiger partial charge in [0.25, 0.3) is 0 Å². The van der Waals surface area contributed by atoms with Gasteiger partial charge in [-0.05, 0) is 23.8 Å². The Kier molecular flexibility index (Phi) is 4.73. The van der Waals surface area contributed by atoms with E-state index in [4.69, 9.17) is 5.11 Å². The van der Waals surface area contributed by atoms with Crippen LogP contribution >= 0.6 is 0 Å². The van der Waals surface area contributed by atoms with E-state index < -0.39 is 30.5 Å². The van der Waals surface area contributed by atoms with Gasteiger partial charge in [-0.3, -0.25) is 4.79 Å². The van der Waals surface area contributed by atoms with Crippen molar-refractivity contribution >= 4 is 11.9 Å². The molecule has 0 aromatic heterocycles. The summed E-state index contributed by atoms with van der Waals surface area (Å²) in [7, 11) is 0. The van der Waals surface area contributed by atoms with Gasteiger partial charge in [0, 0.05) is 6.42 Å². The highest BCUT2D eigenvalue weighted by Crippen LogP contribution is 2.49. The molecule has 1 fully saturated rings. The van der Waals surface area contributed by atoms with E-state index in [-0.39, 0.29) is 18.3 Å². The number of hydrogen-bond acceptors (Lipinski definition) is 2. The van der Waals surface area contributed by atoms with Crippen LogP contribution in [0.2, 0.25) is 0 Å². The van der Waals surface area contributed by atoms with Crippen LogP contribution in [0.4, 0.5) is 13.2 Å². The molecule has 0 aliphatic heterocycles. The Bertz CT molecular complexity index is 545. The fraction of sp³-hybridized carbons (Fsp3) is 0.467. The Labute approximate surface area is 125 Å². The SMILES string of the molecule is O=C(C[C@@H]1C[C@H]1c1ccccc1)NC(CC(F)(F)F)C(=O)O. The number of carboxylic acids is 1. The molecule has 7 heteroatoms. The Morgan fingerprint density at radius 3 is 2.45 bits per heavy atom. The molecule has 1 aromatic rings. The largest absolute Gasteiger partial charge is 0.480 e. The summed E-state index contributed by atoms with van der Waals surface area (Å²) in [5, 5.41) is 10.7. The quantitative estimate of drug-likeness (QED) is 0.848. The van der Waals surface area contributed by atoms with E-state index >= 15 is 0 Å². The average molecular weight is 315 g/mol. The minimum atomic E-state index is -4.64. The lowest BCUT2D eigenvalue weighted by atomic mass is 10.1. The van der Waals surface area contributed by atoms with Crippen molar-refractivity contribution < 1.29 is 27.9 Å². The molecule has 2 N–H and O–H groups in total. The number of aliphatic carboxylic acids is 1. The molecule has 0 bridgehead atoms. The lowest BCUT2D eigenvalue weighted by molar-refractivity contribution is -0.160. The van der Waals surface area contributed by atoms with Gasteiger partial charge in [-0.1, -0.05) is 30.3 Å². The molecule has 22 heavy (non-hydrogen) atoms. The second-order valence-corrected chi connectivity index (χ2v) is 5.49. The van der Waals surface area contributed by atoms with Crippen molar-refractivity contribution in [2.45, 2.75) is 37.4 Å². The van der Waals surface area contributed by atoms with Crippen LogP contribution in [-0.4, -0.2) is 29.2 Å². The molecule has 1 saturated carbocycles. The van der Waals surface area contributed by atoms with Gasteiger partial charge >= 0.3 is 12.1 Å². The first-order valence-corrected chi connectivity index (χ1v) is 6.90. The van der Waals surface area contributed by atoms with E-state index in [1.807, 2.05) is 35.6 Å². The Morgan fingerprint density at radius 2 is 1.91 bits per heavy atom. The van der Waals surface area contributed by atoms with Crippen LogP contribution < -0.4 is 5.32 Å². The van der Waals surface area contributed by atoms with E-state index in [9.17, 15) is 22.8 Å². The standard InChI is InChI=1S/C15H16F3NO3/c16-15(17,18)8-12(14(21)22)19-13(20)7-10-6-11(10)9-4-2-1-3-5-9/h1-5,10-12H,6-8H2,(H,19,20)(H,21,22)/t10-,11-,12?/m0/s1. The summed E-state index contributed by atoms with van der Waals surface area (Å²) in [6, 6.07) is 7.59. The topological polar surface area (TPSA) is 66.4 Å². The van der Waals surface area contributed by atoms with Gasteiger partial charge in [-0.15, -0.1) is 0 Å². The third-order valence-corrected chi connectivity index (χ3v) is 3.67. The smallest absolute Gasteiger partial charge is 0.391 e. The van der Waals surface area contributed by atoms with Crippen molar-refractivity contribution in [3.8, 4) is 0 Å². The fourth-order valence-electron chi connectivity index (χ4n) is 2.50. The van der Waals surface area contributed by atoms with Crippen molar-refractivity contribution in [3.63, 3.8) is 0 Å². The molecule has 120 valence electrons. The van der Waals surface area contributed by atoms with Crippen LogP contribution in [0.3, 0.4) is 0 Å². The van der Waals surface area contributed by atoms with E-state index in [0.29, 0.717) is 0 Å². The molecule has 0 radical (unpaired) electrons. The summed E-state index contributed by atoms with van der Waals surface area (Å²) in [6.07, 6.45) is -5.38. The number of rotatable bonds is 6. The van der Waals surface area contributed by atoms with Gasteiger partial charge in [0.15, 0.2) is 0 Å². The van der Waals surface area contributed by atoms with Gasteiger partial charge in [0.2, 0.25) is 5.91 Å². The molecule has 1 unspecified atom stereocenters. The third-order valence-electron chi connectivity index (χ3n) is 3.67. The van der Waals surface area contributed by atoms with Crippen molar-refractivity contribution in [3.05, 3.63) is 35.9 Å². The van der Waals surface area contributed by atoms with Gasteiger partial charge in [0.05, 0.1) is 6.42 Å². The van der Waals surface area contributed by atoms with E-state index in [1.54, 1.807) is 0 Å². The van der Waals surface area contributed by atoms with Crippen LogP contribution in [0.15, 0.2) is 30.3 Å². The Morgan fingerprint density at radius 1 is 1.27 bits per heavy atom. The number of carbonyl (C=O) groups excluding carboxylic acids is 1. The number of amides is 1. The van der Waals surface area contributed by atoms with Gasteiger partial charge in [0.1, 0.15) is 6.04 Å². The molecule has 0 heterocycles. The first kappa shape index (κ1) is 16.3. The second-order valence-electron chi connectivity index (χ2n) is 5.49. The Hall–Kier alpha value is -2.05.